The molecule has 0 unspecified atom stereocenters. The first kappa shape index (κ1) is 73.9. The quantitative estimate of drug-likeness (QED) is 0.114. The van der Waals surface area contributed by atoms with Crippen LogP contribution in [-0.2, 0) is 21.7 Å². The maximum absolute atomic E-state index is 16.9. The molecule has 0 saturated heterocycles. The molecule has 0 N–H and O–H groups in total. The van der Waals surface area contributed by atoms with Gasteiger partial charge in [0.2, 0.25) is 6.79 Å². The summed E-state index contributed by atoms with van der Waals surface area (Å²) in [5.41, 5.74) is -6.60. The zero-order valence-electron chi connectivity index (χ0n) is 59.0. The third-order valence-electron chi connectivity index (χ3n) is 18.9. The van der Waals surface area contributed by atoms with Crippen molar-refractivity contribution in [2.75, 3.05) is 21.0 Å². The van der Waals surface area contributed by atoms with E-state index in [0.717, 1.165) is 43.6 Å². The summed E-state index contributed by atoms with van der Waals surface area (Å²) in [6.07, 6.45) is 0. The van der Waals surface area contributed by atoms with Crippen LogP contribution in [0.1, 0.15) is 126 Å². The minimum absolute atomic E-state index is 0.00654. The number of hydrogen-bond donors (Lipinski definition) is 0. The lowest BCUT2D eigenvalue weighted by Gasteiger charge is -2.26. The van der Waals surface area contributed by atoms with Gasteiger partial charge < -0.3 is 27.8 Å². The fraction of sp³-hybridized carbons (Fsp3) is 0.309. The first-order chi connectivity index (χ1) is 49.0. The fourth-order valence-corrected chi connectivity index (χ4v) is 19.6. The second kappa shape index (κ2) is 25.3. The molecular weight excluding hydrogens is 1490 g/mol. The van der Waals surface area contributed by atoms with Gasteiger partial charge in [0.05, 0.1) is 24.0 Å². The van der Waals surface area contributed by atoms with Crippen LogP contribution in [0.15, 0.2) is 153 Å². The van der Waals surface area contributed by atoms with Crippen molar-refractivity contribution < 1.29 is 80.5 Å². The average Bonchev–Trinajstić information content (AvgIpc) is 1.52. The van der Waals surface area contributed by atoms with Crippen molar-refractivity contribution in [3.63, 3.8) is 0 Å². The van der Waals surface area contributed by atoms with Crippen LogP contribution in [0.5, 0.6) is 23.0 Å². The number of thiophene rings is 6. The van der Waals surface area contributed by atoms with Crippen molar-refractivity contribution in [3.05, 3.63) is 187 Å². The minimum atomic E-state index is -5.80. The van der Waals surface area contributed by atoms with E-state index in [1.54, 1.807) is 89.6 Å². The van der Waals surface area contributed by atoms with Gasteiger partial charge in [-0.15, -0.1) is 68.0 Å². The normalized spacial score (nSPS) is 17.4. The van der Waals surface area contributed by atoms with E-state index in [9.17, 15) is 0 Å². The molecule has 8 aromatic heterocycles. The summed E-state index contributed by atoms with van der Waals surface area (Å²) in [6.45, 7) is 23.9. The molecule has 12 aromatic rings. The number of ether oxygens (including phenoxy) is 4. The molecule has 0 saturated carbocycles. The largest absolute Gasteiger partial charge is 0.493 e. The van der Waals surface area contributed by atoms with E-state index in [-0.39, 0.29) is 111 Å². The predicted octanol–water partition coefficient (Wildman–Crippen LogP) is 27.8. The Labute approximate surface area is 621 Å². The molecule has 105 heavy (non-hydrogen) atoms. The van der Waals surface area contributed by atoms with Crippen LogP contribution in [0.25, 0.3) is 106 Å². The first-order valence-corrected chi connectivity index (χ1v) is 38.2. The Morgan fingerprint density at radius 2 is 0.762 bits per heavy atom. The van der Waals surface area contributed by atoms with E-state index in [0.29, 0.717) is 29.3 Å². The number of halogens is 12. The Morgan fingerprint density at radius 1 is 0.371 bits per heavy atom. The lowest BCUT2D eigenvalue weighted by Crippen LogP contribution is -2.48. The molecular formula is C81H68F12O6S6. The topological polar surface area (TPSA) is 63.2 Å². The molecule has 24 heteroatoms. The molecule has 0 radical (unpaired) electrons. The van der Waals surface area contributed by atoms with Crippen molar-refractivity contribution in [2.24, 2.45) is 0 Å². The first-order valence-electron chi connectivity index (χ1n) is 33.1. The molecule has 1 aliphatic heterocycles. The summed E-state index contributed by atoms with van der Waals surface area (Å²) in [5.74, 6) is -32.7. The minimum Gasteiger partial charge on any atom is -0.493 e. The molecule has 0 fully saturated rings. The van der Waals surface area contributed by atoms with Crippen LogP contribution >= 0.6 is 68.0 Å². The Bertz CT molecular complexity index is 5410. The van der Waals surface area contributed by atoms with E-state index in [1.807, 2.05) is 101 Å². The lowest BCUT2D eigenvalue weighted by atomic mass is 9.86. The number of rotatable bonds is 12. The van der Waals surface area contributed by atoms with E-state index in [2.05, 4.69) is 0 Å². The second-order valence-electron chi connectivity index (χ2n) is 30.1. The smallest absolute Gasteiger partial charge is 0.380 e. The maximum atomic E-state index is 16.9. The Kier molecular flexibility index (Phi) is 17.8. The van der Waals surface area contributed by atoms with Crippen LogP contribution in [0.2, 0.25) is 0 Å². The van der Waals surface area contributed by atoms with Crippen molar-refractivity contribution >= 4 is 112 Å². The van der Waals surface area contributed by atoms with Gasteiger partial charge in [0.1, 0.15) is 22.7 Å². The summed E-state index contributed by atoms with van der Waals surface area (Å²) in [4.78, 5) is 5.68. The van der Waals surface area contributed by atoms with Gasteiger partial charge in [-0.05, 0) is 104 Å². The van der Waals surface area contributed by atoms with Gasteiger partial charge in [-0.25, -0.2) is 0 Å². The van der Waals surface area contributed by atoms with E-state index >= 15 is 52.7 Å². The van der Waals surface area contributed by atoms with Gasteiger partial charge in [-0.2, -0.15) is 52.7 Å². The number of furan rings is 2. The molecule has 2 aliphatic carbocycles. The molecule has 6 nitrogen and oxygen atoms in total. The van der Waals surface area contributed by atoms with Gasteiger partial charge in [-0.3, -0.25) is 0 Å². The SMILES string of the molecule is CC(C)(C)c1ccc(-c2oc3cc4c(cc3c2C2=C(c3cc(-c5ccc(C(C)(C)C)s5)sc3-c3ccc(C(C)(C)C)s3)C(F)(F)C(F)(F)C2(F)F)OCO4)cc1.COc1cc2oc(-c3ccc(C(C)(C)C)cc3)c(C3=C(c4cc(-c5cccs5)sc4-c4cccs4)C(F)(F)C(F)(F)C3(F)F)c2cc1OC. The monoisotopic (exact) mass is 1560 g/mol. The van der Waals surface area contributed by atoms with Crippen LogP contribution in [0.3, 0.4) is 0 Å². The van der Waals surface area contributed by atoms with E-state index < -0.39 is 74.5 Å². The number of benzene rings is 4. The number of hydrogen-bond acceptors (Lipinski definition) is 12. The molecule has 0 amide bonds. The highest BCUT2D eigenvalue weighted by atomic mass is 32.1. The van der Waals surface area contributed by atoms with Crippen molar-refractivity contribution in [3.8, 4) is 84.7 Å². The molecule has 548 valence electrons. The average molecular weight is 1560 g/mol. The molecule has 3 aliphatic rings. The number of allylic oxidation sites excluding steroid dienone is 4. The molecule has 0 spiro atoms. The molecule has 4 aromatic carbocycles. The highest BCUT2D eigenvalue weighted by Crippen LogP contribution is 2.70. The van der Waals surface area contributed by atoms with Gasteiger partial charge in [0.25, 0.3) is 0 Å². The standard InChI is InChI=1S/C44H40F6O3S3.C37H28F6O3S3/c1-39(2,3)23-12-10-22(11-13-23)37-34(24-18-27-28(52-21-51-27)20-26(24)53-37)36-35(42(45,46)44(49,50)43(36,47)48)25-19-31(29-14-16-32(54-29)40(4,5)6)56-38(25)30-15-17-33(55-30)41(7,8)9;1-34(2,3)20-12-10-19(11-13-20)32-29(21-16-24(44-4)25(45-5)18-23(21)46-32)31-30(35(38,39)37(42,43)36(31,40)41)22-17-28(26-8-6-14-47-26)49-33(22)27-9-7-15-48-27/h10-20H,21H2,1-9H3;6-18H,1-5H3. The van der Waals surface area contributed by atoms with Gasteiger partial charge >= 0.3 is 35.5 Å². The maximum Gasteiger partial charge on any atom is 0.380 e. The summed E-state index contributed by atoms with van der Waals surface area (Å²) >= 11 is 7.50. The molecule has 15 rings (SSSR count). The third kappa shape index (κ3) is 12.0. The fourth-order valence-electron chi connectivity index (χ4n) is 13.2. The molecule has 9 heterocycles. The van der Waals surface area contributed by atoms with Crippen molar-refractivity contribution in [1.29, 1.82) is 0 Å². The molecule has 0 atom stereocenters. The van der Waals surface area contributed by atoms with Crippen molar-refractivity contribution in [1.82, 2.24) is 0 Å². The van der Waals surface area contributed by atoms with E-state index in [4.69, 9.17) is 27.8 Å². The summed E-state index contributed by atoms with van der Waals surface area (Å²) in [6, 6.07) is 35.9. The third-order valence-corrected chi connectivity index (χ3v) is 26.7. The second-order valence-corrected chi connectivity index (χ2v) is 36.3. The predicted molar refractivity (Wildman–Crippen MR) is 403 cm³/mol. The van der Waals surface area contributed by atoms with Crippen LogP contribution in [0, 0.1) is 0 Å². The zero-order valence-corrected chi connectivity index (χ0v) is 63.9. The summed E-state index contributed by atoms with van der Waals surface area (Å²) in [7, 11) is 2.68. The number of fused-ring (bicyclic) bond motifs is 3. The highest BCUT2D eigenvalue weighted by Gasteiger charge is 2.82. The Hall–Kier alpha value is -8.00. The van der Waals surface area contributed by atoms with Crippen LogP contribution in [0.4, 0.5) is 52.7 Å². The van der Waals surface area contributed by atoms with Gasteiger partial charge in [-0.1, -0.05) is 144 Å². The number of alkyl halides is 12. The van der Waals surface area contributed by atoms with Gasteiger partial charge in [0.15, 0.2) is 23.0 Å². The Balaban J connectivity index is 0.000000178. The molecule has 0 bridgehead atoms. The zero-order chi connectivity index (χ0) is 75.6. The Morgan fingerprint density at radius 3 is 1.19 bits per heavy atom. The summed E-state index contributed by atoms with van der Waals surface area (Å²) in [5, 5.41) is 3.30. The lowest BCUT2D eigenvalue weighted by molar-refractivity contribution is -0.254. The van der Waals surface area contributed by atoms with Crippen LogP contribution < -0.4 is 18.9 Å². The van der Waals surface area contributed by atoms with E-state index in [1.165, 1.54) is 96.0 Å². The number of methoxy groups -OCH3 is 2. The van der Waals surface area contributed by atoms with Crippen molar-refractivity contribution in [2.45, 2.75) is 140 Å². The van der Waals surface area contributed by atoms with Crippen LogP contribution in [-0.4, -0.2) is 56.5 Å². The highest BCUT2D eigenvalue weighted by molar-refractivity contribution is 7.27. The van der Waals surface area contributed by atoms with Gasteiger partial charge in [0, 0.05) is 118 Å². The summed E-state index contributed by atoms with van der Waals surface area (Å²) < 4.78 is 232.